The molecule has 0 bridgehead atoms. The summed E-state index contributed by atoms with van der Waals surface area (Å²) in [4.78, 5) is 0. The minimum atomic E-state index is 1.23. The number of rotatable bonds is 2. The van der Waals surface area contributed by atoms with E-state index in [1.165, 1.54) is 55.1 Å². The molecule has 0 N–H and O–H groups in total. The predicted molar refractivity (Wildman–Crippen MR) is 128 cm³/mol. The lowest BCUT2D eigenvalue weighted by Gasteiger charge is -2.19. The summed E-state index contributed by atoms with van der Waals surface area (Å²) in [7, 11) is 0. The van der Waals surface area contributed by atoms with E-state index in [-0.39, 0.29) is 0 Å². The summed E-state index contributed by atoms with van der Waals surface area (Å²) in [5, 5.41) is 3.85. The van der Waals surface area contributed by atoms with Gasteiger partial charge in [-0.3, -0.25) is 0 Å². The van der Waals surface area contributed by atoms with Crippen LogP contribution >= 0.6 is 0 Å². The average molecular weight is 383 g/mol. The van der Waals surface area contributed by atoms with Gasteiger partial charge in [-0.15, -0.1) is 0 Å². The van der Waals surface area contributed by atoms with Gasteiger partial charge in [-0.05, 0) is 35.6 Å². The normalized spacial score (nSPS) is 11.5. The Balaban J connectivity index is 1.95. The van der Waals surface area contributed by atoms with Crippen LogP contribution in [0.5, 0.6) is 0 Å². The van der Waals surface area contributed by atoms with Gasteiger partial charge in [0.1, 0.15) is 0 Å². The molecule has 142 valence electrons. The van der Waals surface area contributed by atoms with E-state index in [9.17, 15) is 0 Å². The number of fused-ring (bicyclic) bond motifs is 5. The first-order valence-corrected chi connectivity index (χ1v) is 10.4. The third-order valence-corrected chi connectivity index (χ3v) is 6.00. The number of hydrogen-bond acceptors (Lipinski definition) is 0. The maximum Gasteiger partial charge on any atom is 0.0619 e. The number of benzene rings is 4. The Kier molecular flexibility index (Phi) is 3.75. The first-order chi connectivity index (χ1) is 14.8. The monoisotopic (exact) mass is 383 g/mol. The quantitative estimate of drug-likeness (QED) is 0.286. The number of nitrogens with zero attached hydrogens (tertiary/aromatic N) is 1. The van der Waals surface area contributed by atoms with Crippen molar-refractivity contribution >= 4 is 27.2 Å². The Morgan fingerprint density at radius 3 is 1.97 bits per heavy atom. The van der Waals surface area contributed by atoms with E-state index in [1.54, 1.807) is 0 Å². The van der Waals surface area contributed by atoms with Crippen LogP contribution in [0.25, 0.3) is 49.6 Å². The molecule has 0 amide bonds. The first-order valence-electron chi connectivity index (χ1n) is 10.4. The number of pyridine rings is 1. The molecule has 0 saturated carbocycles. The molecule has 6 aromatic rings. The van der Waals surface area contributed by atoms with Gasteiger partial charge in [-0.25, -0.2) is 0 Å². The zero-order chi connectivity index (χ0) is 20.1. The standard InChI is InChI=1S/C29H21N/c1-20-16-17-24-25(18-20)28(21-10-4-2-5-11-21)29(22-12-6-3-7-13-22)30-26-15-9-8-14-23(26)19-27(24)30/h2-19H,1H3. The number of aryl methyl sites for hydroxylation is 1. The third kappa shape index (κ3) is 2.49. The van der Waals surface area contributed by atoms with Crippen LogP contribution in [0.3, 0.4) is 0 Å². The lowest BCUT2D eigenvalue weighted by atomic mass is 9.92. The first kappa shape index (κ1) is 17.1. The second-order valence-electron chi connectivity index (χ2n) is 7.93. The Hall–Kier alpha value is -3.84. The molecule has 0 radical (unpaired) electrons. The molecule has 30 heavy (non-hydrogen) atoms. The molecule has 6 rings (SSSR count). The van der Waals surface area contributed by atoms with Gasteiger partial charge in [-0.1, -0.05) is 103 Å². The molecule has 0 aliphatic rings. The van der Waals surface area contributed by atoms with Gasteiger partial charge in [0.2, 0.25) is 0 Å². The van der Waals surface area contributed by atoms with Gasteiger partial charge in [0.25, 0.3) is 0 Å². The molecule has 1 nitrogen and oxygen atoms in total. The molecule has 0 aliphatic carbocycles. The van der Waals surface area contributed by atoms with Crippen molar-refractivity contribution < 1.29 is 0 Å². The van der Waals surface area contributed by atoms with Crippen LogP contribution < -0.4 is 0 Å². The van der Waals surface area contributed by atoms with E-state index >= 15 is 0 Å². The van der Waals surface area contributed by atoms with E-state index in [0.29, 0.717) is 0 Å². The van der Waals surface area contributed by atoms with Gasteiger partial charge in [-0.2, -0.15) is 0 Å². The maximum absolute atomic E-state index is 2.45. The second-order valence-corrected chi connectivity index (χ2v) is 7.93. The number of aromatic nitrogens is 1. The van der Waals surface area contributed by atoms with Crippen molar-refractivity contribution in [2.24, 2.45) is 0 Å². The van der Waals surface area contributed by atoms with Crippen LogP contribution in [0.15, 0.2) is 109 Å². The van der Waals surface area contributed by atoms with Crippen molar-refractivity contribution in [3.05, 3.63) is 115 Å². The van der Waals surface area contributed by atoms with E-state index < -0.39 is 0 Å². The summed E-state index contributed by atoms with van der Waals surface area (Å²) < 4.78 is 2.45. The van der Waals surface area contributed by atoms with E-state index in [4.69, 9.17) is 0 Å². The van der Waals surface area contributed by atoms with Crippen molar-refractivity contribution in [1.29, 1.82) is 0 Å². The fraction of sp³-hybridized carbons (Fsp3) is 0.0345. The number of hydrogen-bond donors (Lipinski definition) is 0. The summed E-state index contributed by atoms with van der Waals surface area (Å²) in [6.45, 7) is 2.18. The molecule has 0 saturated heterocycles. The van der Waals surface area contributed by atoms with Gasteiger partial charge in [0.15, 0.2) is 0 Å². The Bertz CT molecular complexity index is 1520. The van der Waals surface area contributed by atoms with Crippen LogP contribution in [-0.2, 0) is 0 Å². The molecule has 0 fully saturated rings. The lowest BCUT2D eigenvalue weighted by molar-refractivity contribution is 1.27. The summed E-state index contributed by atoms with van der Waals surface area (Å²) in [5.41, 5.74) is 8.78. The predicted octanol–water partition coefficient (Wildman–Crippen LogP) is 7.89. The second kappa shape index (κ2) is 6.60. The highest BCUT2D eigenvalue weighted by Crippen LogP contribution is 2.42. The fourth-order valence-electron chi connectivity index (χ4n) is 4.69. The Labute approximate surface area is 175 Å². The van der Waals surface area contributed by atoms with Gasteiger partial charge in [0.05, 0.1) is 16.7 Å². The average Bonchev–Trinajstić information content (AvgIpc) is 3.18. The highest BCUT2D eigenvalue weighted by atomic mass is 14.9. The van der Waals surface area contributed by atoms with E-state index in [2.05, 4.69) is 121 Å². The van der Waals surface area contributed by atoms with Gasteiger partial charge < -0.3 is 4.40 Å². The minimum absolute atomic E-state index is 1.23. The van der Waals surface area contributed by atoms with Crippen molar-refractivity contribution in [2.45, 2.75) is 6.92 Å². The minimum Gasteiger partial charge on any atom is -0.308 e. The van der Waals surface area contributed by atoms with Crippen molar-refractivity contribution in [3.8, 4) is 22.4 Å². The highest BCUT2D eigenvalue weighted by Gasteiger charge is 2.19. The van der Waals surface area contributed by atoms with E-state index in [1.807, 2.05) is 0 Å². The smallest absolute Gasteiger partial charge is 0.0619 e. The molecule has 0 atom stereocenters. The van der Waals surface area contributed by atoms with Crippen LogP contribution in [0.2, 0.25) is 0 Å². The zero-order valence-corrected chi connectivity index (χ0v) is 16.8. The van der Waals surface area contributed by atoms with Gasteiger partial charge >= 0.3 is 0 Å². The summed E-state index contributed by atoms with van der Waals surface area (Å²) in [5.74, 6) is 0. The van der Waals surface area contributed by atoms with Gasteiger partial charge in [0, 0.05) is 16.3 Å². The molecule has 2 heterocycles. The van der Waals surface area contributed by atoms with Crippen LogP contribution in [0.1, 0.15) is 5.56 Å². The summed E-state index contributed by atoms with van der Waals surface area (Å²) in [6.07, 6.45) is 0. The largest absolute Gasteiger partial charge is 0.308 e. The Morgan fingerprint density at radius 1 is 0.533 bits per heavy atom. The Morgan fingerprint density at radius 2 is 1.20 bits per heavy atom. The summed E-state index contributed by atoms with van der Waals surface area (Å²) in [6, 6.07) is 39.4. The van der Waals surface area contributed by atoms with E-state index in [0.717, 1.165) is 0 Å². The van der Waals surface area contributed by atoms with Crippen LogP contribution in [0.4, 0.5) is 0 Å². The molecule has 0 aliphatic heterocycles. The van der Waals surface area contributed by atoms with Crippen molar-refractivity contribution in [3.63, 3.8) is 0 Å². The molecular weight excluding hydrogens is 362 g/mol. The zero-order valence-electron chi connectivity index (χ0n) is 16.8. The maximum atomic E-state index is 2.45. The molecule has 1 heteroatoms. The topological polar surface area (TPSA) is 4.41 Å². The SMILES string of the molecule is Cc1ccc2c(c1)c(-c1ccccc1)c(-c1ccccc1)n1c3ccccc3cc21. The molecule has 0 unspecified atom stereocenters. The lowest BCUT2D eigenvalue weighted by Crippen LogP contribution is -1.98. The molecular formula is C29H21N. The van der Waals surface area contributed by atoms with Crippen molar-refractivity contribution in [2.75, 3.05) is 0 Å². The summed E-state index contributed by atoms with van der Waals surface area (Å²) >= 11 is 0. The molecule has 4 aromatic carbocycles. The number of para-hydroxylation sites is 1. The third-order valence-electron chi connectivity index (χ3n) is 6.00. The highest BCUT2D eigenvalue weighted by molar-refractivity contribution is 6.13. The molecule has 0 spiro atoms. The van der Waals surface area contributed by atoms with Crippen molar-refractivity contribution in [1.82, 2.24) is 4.40 Å². The van der Waals surface area contributed by atoms with Crippen LogP contribution in [0, 0.1) is 6.92 Å². The molecule has 2 aromatic heterocycles. The fourth-order valence-corrected chi connectivity index (χ4v) is 4.69. The van der Waals surface area contributed by atoms with Crippen LogP contribution in [-0.4, -0.2) is 4.40 Å².